The summed E-state index contributed by atoms with van der Waals surface area (Å²) in [7, 11) is -3.45. The van der Waals surface area contributed by atoms with E-state index in [9.17, 15) is 13.2 Å². The molecule has 3 rings (SSSR count). The van der Waals surface area contributed by atoms with Crippen molar-refractivity contribution in [3.05, 3.63) is 41.7 Å². The van der Waals surface area contributed by atoms with Crippen molar-refractivity contribution in [2.24, 2.45) is 0 Å². The number of carbonyl (C=O) groups excluding carboxylic acids is 1. The Kier molecular flexibility index (Phi) is 5.12. The van der Waals surface area contributed by atoms with Crippen molar-refractivity contribution in [1.82, 2.24) is 25.5 Å². The lowest BCUT2D eigenvalue weighted by Crippen LogP contribution is -2.28. The van der Waals surface area contributed by atoms with E-state index in [1.807, 2.05) is 37.3 Å². The Labute approximate surface area is 146 Å². The highest BCUT2D eigenvalue weighted by atomic mass is 32.2. The Hall–Kier alpha value is -2.29. The Morgan fingerprint density at radius 3 is 2.72 bits per heavy atom. The van der Waals surface area contributed by atoms with Crippen molar-refractivity contribution in [1.29, 1.82) is 0 Å². The minimum Gasteiger partial charge on any atom is -0.350 e. The van der Waals surface area contributed by atoms with Gasteiger partial charge in [-0.25, -0.2) is 13.1 Å². The number of hydrogen-bond donors (Lipinski definition) is 1. The summed E-state index contributed by atoms with van der Waals surface area (Å²) in [5.74, 6) is -0.405. The second-order valence-electron chi connectivity index (χ2n) is 6.31. The molecule has 1 atom stereocenters. The first kappa shape index (κ1) is 17.5. The molecule has 2 aromatic rings. The molecule has 1 fully saturated rings. The number of rotatable bonds is 8. The van der Waals surface area contributed by atoms with E-state index < -0.39 is 9.84 Å². The lowest BCUT2D eigenvalue weighted by atomic mass is 10.1. The molecule has 8 nitrogen and oxygen atoms in total. The van der Waals surface area contributed by atoms with Gasteiger partial charge >= 0.3 is 0 Å². The molecular formula is C16H21N5O3S. The Balaban J connectivity index is 1.51. The molecule has 0 saturated heterocycles. The number of sulfone groups is 1. The number of carbonyl (C=O) groups is 1. The van der Waals surface area contributed by atoms with Gasteiger partial charge in [0, 0.05) is 6.42 Å². The minimum atomic E-state index is -3.45. The van der Waals surface area contributed by atoms with E-state index in [-0.39, 0.29) is 35.9 Å². The van der Waals surface area contributed by atoms with Crippen molar-refractivity contribution in [3.63, 3.8) is 0 Å². The smallest absolute Gasteiger partial charge is 0.221 e. The van der Waals surface area contributed by atoms with Crippen molar-refractivity contribution >= 4 is 15.7 Å². The molecule has 0 bridgehead atoms. The van der Waals surface area contributed by atoms with Gasteiger partial charge in [-0.2, -0.15) is 0 Å². The summed E-state index contributed by atoms with van der Waals surface area (Å²) in [6.07, 6.45) is 1.86. The largest absolute Gasteiger partial charge is 0.350 e. The van der Waals surface area contributed by atoms with Crippen molar-refractivity contribution in [3.8, 4) is 0 Å². The summed E-state index contributed by atoms with van der Waals surface area (Å²) < 4.78 is 26.1. The molecule has 1 N–H and O–H groups in total. The van der Waals surface area contributed by atoms with Gasteiger partial charge in [0.1, 0.15) is 5.75 Å². The molecule has 25 heavy (non-hydrogen) atoms. The predicted molar refractivity (Wildman–Crippen MR) is 91.2 cm³/mol. The Morgan fingerprint density at radius 2 is 2.04 bits per heavy atom. The van der Waals surface area contributed by atoms with Crippen LogP contribution in [0.2, 0.25) is 0 Å². The van der Waals surface area contributed by atoms with Crippen LogP contribution in [0, 0.1) is 0 Å². The second kappa shape index (κ2) is 7.30. The van der Waals surface area contributed by atoms with Crippen molar-refractivity contribution < 1.29 is 13.2 Å². The van der Waals surface area contributed by atoms with Gasteiger partial charge in [0.25, 0.3) is 0 Å². The maximum atomic E-state index is 12.3. The molecule has 1 aliphatic carbocycles. The lowest BCUT2D eigenvalue weighted by molar-refractivity contribution is -0.121. The van der Waals surface area contributed by atoms with Crippen LogP contribution in [0.1, 0.15) is 49.7 Å². The quantitative estimate of drug-likeness (QED) is 0.755. The highest BCUT2D eigenvalue weighted by Crippen LogP contribution is 2.34. The predicted octanol–water partition coefficient (Wildman–Crippen LogP) is 1.19. The molecule has 134 valence electrons. The fourth-order valence-electron chi connectivity index (χ4n) is 2.57. The third-order valence-corrected chi connectivity index (χ3v) is 5.64. The van der Waals surface area contributed by atoms with Gasteiger partial charge in [-0.15, -0.1) is 5.10 Å². The van der Waals surface area contributed by atoms with Crippen molar-refractivity contribution in [2.75, 3.05) is 5.75 Å². The van der Waals surface area contributed by atoms with Crippen LogP contribution in [-0.2, 0) is 20.4 Å². The van der Waals surface area contributed by atoms with Crippen LogP contribution in [-0.4, -0.2) is 40.3 Å². The molecule has 0 spiro atoms. The van der Waals surface area contributed by atoms with Crippen LogP contribution >= 0.6 is 0 Å². The van der Waals surface area contributed by atoms with Crippen LogP contribution in [0.5, 0.6) is 0 Å². The van der Waals surface area contributed by atoms with E-state index in [1.54, 1.807) is 4.68 Å². The molecule has 1 aliphatic rings. The van der Waals surface area contributed by atoms with Crippen LogP contribution in [0.3, 0.4) is 0 Å². The van der Waals surface area contributed by atoms with E-state index >= 15 is 0 Å². The summed E-state index contributed by atoms with van der Waals surface area (Å²) >= 11 is 0. The number of nitrogens with zero attached hydrogens (tertiary/aromatic N) is 4. The summed E-state index contributed by atoms with van der Waals surface area (Å²) in [5.41, 5.74) is 0.974. The molecule has 1 amide bonds. The van der Waals surface area contributed by atoms with E-state index in [2.05, 4.69) is 20.8 Å². The number of tetrazole rings is 1. The van der Waals surface area contributed by atoms with E-state index in [0.717, 1.165) is 18.4 Å². The van der Waals surface area contributed by atoms with Crippen molar-refractivity contribution in [2.45, 2.75) is 44.0 Å². The van der Waals surface area contributed by atoms with Gasteiger partial charge < -0.3 is 5.32 Å². The van der Waals surface area contributed by atoms with Crippen LogP contribution in [0.25, 0.3) is 0 Å². The summed E-state index contributed by atoms with van der Waals surface area (Å²) in [6.45, 7) is 1.87. The first-order valence-electron chi connectivity index (χ1n) is 8.26. The zero-order valence-corrected chi connectivity index (χ0v) is 14.8. The van der Waals surface area contributed by atoms with Gasteiger partial charge in [0.05, 0.1) is 17.8 Å². The molecular weight excluding hydrogens is 342 g/mol. The maximum absolute atomic E-state index is 12.3. The third-order valence-electron chi connectivity index (χ3n) is 4.12. The Bertz CT molecular complexity index is 830. The van der Waals surface area contributed by atoms with Crippen LogP contribution in [0.4, 0.5) is 0 Å². The van der Waals surface area contributed by atoms with E-state index in [0.29, 0.717) is 5.82 Å². The summed E-state index contributed by atoms with van der Waals surface area (Å²) in [6, 6.07) is 9.58. The van der Waals surface area contributed by atoms with Gasteiger partial charge in [-0.3, -0.25) is 4.79 Å². The first-order chi connectivity index (χ1) is 11.9. The highest BCUT2D eigenvalue weighted by molar-refractivity contribution is 7.90. The minimum absolute atomic E-state index is 0.0789. The number of benzene rings is 1. The normalized spacial score (nSPS) is 15.7. The highest BCUT2D eigenvalue weighted by Gasteiger charge is 2.29. The average molecular weight is 363 g/mol. The van der Waals surface area contributed by atoms with E-state index in [4.69, 9.17) is 0 Å². The SMILES string of the molecule is CC(NC(=O)CCS(=O)(=O)Cc1nnnn1C1CC1)c1ccccc1. The van der Waals surface area contributed by atoms with Crippen LogP contribution < -0.4 is 5.32 Å². The third kappa shape index (κ3) is 4.85. The second-order valence-corrected chi connectivity index (χ2v) is 8.50. The molecule has 1 unspecified atom stereocenters. The standard InChI is InChI=1S/C16H21N5O3S/c1-12(13-5-3-2-4-6-13)17-16(22)9-10-25(23,24)11-15-18-19-20-21(15)14-7-8-14/h2-6,12,14H,7-11H2,1H3,(H,17,22). The molecule has 1 aromatic heterocycles. The number of nitrogens with one attached hydrogen (secondary N) is 1. The molecule has 0 aliphatic heterocycles. The van der Waals surface area contributed by atoms with E-state index in [1.165, 1.54) is 0 Å². The first-order valence-corrected chi connectivity index (χ1v) is 10.1. The molecule has 1 heterocycles. The van der Waals surface area contributed by atoms with Gasteiger partial charge in [-0.1, -0.05) is 30.3 Å². The van der Waals surface area contributed by atoms with Gasteiger partial charge in [0.2, 0.25) is 5.91 Å². The fraction of sp³-hybridized carbons (Fsp3) is 0.500. The van der Waals surface area contributed by atoms with Crippen LogP contribution in [0.15, 0.2) is 30.3 Å². The Morgan fingerprint density at radius 1 is 1.32 bits per heavy atom. The number of amides is 1. The van der Waals surface area contributed by atoms with Gasteiger partial charge in [-0.05, 0) is 35.8 Å². The summed E-state index contributed by atoms with van der Waals surface area (Å²) in [5, 5.41) is 14.0. The lowest BCUT2D eigenvalue weighted by Gasteiger charge is -2.14. The molecule has 0 radical (unpaired) electrons. The molecule has 1 aromatic carbocycles. The number of aromatic nitrogens is 4. The number of hydrogen-bond acceptors (Lipinski definition) is 6. The topological polar surface area (TPSA) is 107 Å². The zero-order chi connectivity index (χ0) is 17.9. The maximum Gasteiger partial charge on any atom is 0.221 e. The molecule has 1 saturated carbocycles. The monoisotopic (exact) mass is 363 g/mol. The zero-order valence-electron chi connectivity index (χ0n) is 14.0. The summed E-state index contributed by atoms with van der Waals surface area (Å²) in [4.78, 5) is 12.0. The average Bonchev–Trinajstić information content (AvgIpc) is 3.34. The molecule has 9 heteroatoms. The van der Waals surface area contributed by atoms with Gasteiger partial charge in [0.15, 0.2) is 15.7 Å². The fourth-order valence-corrected chi connectivity index (χ4v) is 3.79.